The molecule has 1 aliphatic carbocycles. The van der Waals surface area contributed by atoms with Crippen molar-refractivity contribution >= 4 is 15.9 Å². The summed E-state index contributed by atoms with van der Waals surface area (Å²) in [7, 11) is 0. The Bertz CT molecular complexity index is 229. The van der Waals surface area contributed by atoms with Crippen molar-refractivity contribution in [3.63, 3.8) is 0 Å². The second-order valence-corrected chi connectivity index (χ2v) is 6.77. The van der Waals surface area contributed by atoms with Crippen LogP contribution >= 0.6 is 15.9 Å². The molecule has 0 N–H and O–H groups in total. The summed E-state index contributed by atoms with van der Waals surface area (Å²) in [6.45, 7) is 7.41. The molecule has 100 valence electrons. The van der Waals surface area contributed by atoms with Crippen molar-refractivity contribution < 1.29 is 0 Å². The molecule has 1 nitrogen and oxygen atoms in total. The molecule has 2 rings (SSSR count). The van der Waals surface area contributed by atoms with E-state index in [9.17, 15) is 0 Å². The second-order valence-electron chi connectivity index (χ2n) is 6.21. The maximum Gasteiger partial charge on any atom is 0.0124 e. The Morgan fingerprint density at radius 1 is 1.12 bits per heavy atom. The average molecular weight is 302 g/mol. The van der Waals surface area contributed by atoms with Gasteiger partial charge in [0, 0.05) is 17.9 Å². The smallest absolute Gasteiger partial charge is 0.0124 e. The minimum absolute atomic E-state index is 0.520. The highest BCUT2D eigenvalue weighted by Gasteiger charge is 2.39. The van der Waals surface area contributed by atoms with Crippen molar-refractivity contribution in [2.75, 3.05) is 18.4 Å². The molecule has 0 aromatic heterocycles. The number of rotatable bonds is 5. The summed E-state index contributed by atoms with van der Waals surface area (Å²) in [5.41, 5.74) is 0.520. The first-order valence-corrected chi connectivity index (χ1v) is 8.67. The van der Waals surface area contributed by atoms with E-state index in [-0.39, 0.29) is 0 Å². The van der Waals surface area contributed by atoms with Gasteiger partial charge >= 0.3 is 0 Å². The molecule has 0 aromatic carbocycles. The van der Waals surface area contributed by atoms with E-state index in [0.717, 1.165) is 12.0 Å². The van der Waals surface area contributed by atoms with Crippen molar-refractivity contribution in [2.45, 2.75) is 64.8 Å². The van der Waals surface area contributed by atoms with Crippen LogP contribution in [0.4, 0.5) is 0 Å². The van der Waals surface area contributed by atoms with E-state index >= 15 is 0 Å². The second kappa shape index (κ2) is 6.06. The molecule has 1 heterocycles. The van der Waals surface area contributed by atoms with Crippen LogP contribution < -0.4 is 0 Å². The molecule has 2 atom stereocenters. The van der Waals surface area contributed by atoms with Gasteiger partial charge in [-0.1, -0.05) is 42.6 Å². The van der Waals surface area contributed by atoms with E-state index in [2.05, 4.69) is 34.7 Å². The fourth-order valence-electron chi connectivity index (χ4n) is 3.83. The Hall–Kier alpha value is 0.440. The minimum atomic E-state index is 0.520. The number of nitrogens with zero attached hydrogens (tertiary/aromatic N) is 1. The van der Waals surface area contributed by atoms with Gasteiger partial charge in [0.1, 0.15) is 0 Å². The van der Waals surface area contributed by atoms with Gasteiger partial charge in [-0.15, -0.1) is 0 Å². The Kier molecular flexibility index (Phi) is 4.94. The topological polar surface area (TPSA) is 3.24 Å². The standard InChI is InChI=1S/C15H28BrN/c1-3-15(4-2,11-16)12-17-10-9-13-7-5-6-8-14(13)17/h13-14H,3-12H2,1-2H3. The van der Waals surface area contributed by atoms with Gasteiger partial charge in [0.2, 0.25) is 0 Å². The van der Waals surface area contributed by atoms with Crippen LogP contribution in [-0.2, 0) is 0 Å². The van der Waals surface area contributed by atoms with Crippen LogP contribution in [0.25, 0.3) is 0 Å². The van der Waals surface area contributed by atoms with Gasteiger partial charge in [-0.3, -0.25) is 4.90 Å². The molecule has 2 aliphatic rings. The maximum atomic E-state index is 3.76. The number of halogens is 1. The maximum absolute atomic E-state index is 3.76. The molecule has 0 aromatic rings. The molecule has 0 spiro atoms. The summed E-state index contributed by atoms with van der Waals surface area (Å²) in [5.74, 6) is 1.03. The van der Waals surface area contributed by atoms with Crippen molar-refractivity contribution in [1.82, 2.24) is 4.90 Å². The van der Waals surface area contributed by atoms with E-state index in [1.807, 2.05) is 0 Å². The molecule has 17 heavy (non-hydrogen) atoms. The molecule has 0 radical (unpaired) electrons. The lowest BCUT2D eigenvalue weighted by Gasteiger charge is -2.39. The fraction of sp³-hybridized carbons (Fsp3) is 1.00. The first kappa shape index (κ1) is 13.9. The van der Waals surface area contributed by atoms with Gasteiger partial charge in [0.25, 0.3) is 0 Å². The van der Waals surface area contributed by atoms with Crippen molar-refractivity contribution in [2.24, 2.45) is 11.3 Å². The minimum Gasteiger partial charge on any atom is -0.300 e. The number of likely N-dealkylation sites (tertiary alicyclic amines) is 1. The first-order chi connectivity index (χ1) is 8.24. The normalized spacial score (nSPS) is 30.5. The third-order valence-corrected chi connectivity index (χ3v) is 6.64. The lowest BCUT2D eigenvalue weighted by molar-refractivity contribution is 0.116. The number of fused-ring (bicyclic) bond motifs is 1. The number of hydrogen-bond donors (Lipinski definition) is 0. The van der Waals surface area contributed by atoms with Gasteiger partial charge < -0.3 is 0 Å². The molecular weight excluding hydrogens is 274 g/mol. The molecule has 0 amide bonds. The van der Waals surface area contributed by atoms with Crippen LogP contribution in [0.1, 0.15) is 58.8 Å². The summed E-state index contributed by atoms with van der Waals surface area (Å²) in [4.78, 5) is 2.83. The van der Waals surface area contributed by atoms with E-state index in [1.54, 1.807) is 0 Å². The number of hydrogen-bond acceptors (Lipinski definition) is 1. The van der Waals surface area contributed by atoms with Gasteiger partial charge in [-0.2, -0.15) is 0 Å². The van der Waals surface area contributed by atoms with E-state index < -0.39 is 0 Å². The Morgan fingerprint density at radius 2 is 1.82 bits per heavy atom. The third kappa shape index (κ3) is 2.89. The van der Waals surface area contributed by atoms with Gasteiger partial charge in [-0.05, 0) is 50.0 Å². The molecule has 1 aliphatic heterocycles. The molecule has 1 saturated carbocycles. The molecule has 2 unspecified atom stereocenters. The van der Waals surface area contributed by atoms with Crippen molar-refractivity contribution in [1.29, 1.82) is 0 Å². The molecule has 2 heteroatoms. The largest absolute Gasteiger partial charge is 0.300 e. The van der Waals surface area contributed by atoms with Crippen molar-refractivity contribution in [3.8, 4) is 0 Å². The lowest BCUT2D eigenvalue weighted by Crippen LogP contribution is -2.43. The van der Waals surface area contributed by atoms with Gasteiger partial charge in [0.05, 0.1) is 0 Å². The average Bonchev–Trinajstić information content (AvgIpc) is 2.79. The summed E-state index contributed by atoms with van der Waals surface area (Å²) in [6.07, 6.45) is 10.0. The summed E-state index contributed by atoms with van der Waals surface area (Å²) in [6, 6.07) is 0.931. The van der Waals surface area contributed by atoms with Gasteiger partial charge in [0.15, 0.2) is 0 Å². The van der Waals surface area contributed by atoms with Crippen LogP contribution in [0.15, 0.2) is 0 Å². The molecule has 1 saturated heterocycles. The predicted octanol–water partition coefficient (Wildman–Crippen LogP) is 4.45. The van der Waals surface area contributed by atoms with Crippen LogP contribution in [0.3, 0.4) is 0 Å². The van der Waals surface area contributed by atoms with Crippen LogP contribution in [0.5, 0.6) is 0 Å². The highest BCUT2D eigenvalue weighted by atomic mass is 79.9. The number of alkyl halides is 1. The summed E-state index contributed by atoms with van der Waals surface area (Å²) >= 11 is 3.76. The zero-order chi connectivity index (χ0) is 12.3. The SMILES string of the molecule is CCC(CC)(CBr)CN1CCC2CCCCC21. The Labute approximate surface area is 115 Å². The van der Waals surface area contributed by atoms with Crippen LogP contribution in [-0.4, -0.2) is 29.4 Å². The van der Waals surface area contributed by atoms with Gasteiger partial charge in [-0.25, -0.2) is 0 Å². The van der Waals surface area contributed by atoms with E-state index in [4.69, 9.17) is 0 Å². The molecule has 2 fully saturated rings. The Morgan fingerprint density at radius 3 is 2.47 bits per heavy atom. The van der Waals surface area contributed by atoms with E-state index in [1.165, 1.54) is 63.4 Å². The molecular formula is C15H28BrN. The van der Waals surface area contributed by atoms with Crippen molar-refractivity contribution in [3.05, 3.63) is 0 Å². The Balaban J connectivity index is 1.98. The summed E-state index contributed by atoms with van der Waals surface area (Å²) < 4.78 is 0. The molecule has 0 bridgehead atoms. The third-order valence-electron chi connectivity index (χ3n) is 5.45. The lowest BCUT2D eigenvalue weighted by atomic mass is 9.82. The summed E-state index contributed by atoms with van der Waals surface area (Å²) in [5, 5.41) is 1.17. The van der Waals surface area contributed by atoms with E-state index in [0.29, 0.717) is 5.41 Å². The quantitative estimate of drug-likeness (QED) is 0.678. The first-order valence-electron chi connectivity index (χ1n) is 7.54. The highest BCUT2D eigenvalue weighted by Crippen LogP contribution is 2.39. The highest BCUT2D eigenvalue weighted by molar-refractivity contribution is 9.09. The fourth-order valence-corrected chi connectivity index (χ4v) is 4.81. The van der Waals surface area contributed by atoms with Crippen LogP contribution in [0.2, 0.25) is 0 Å². The van der Waals surface area contributed by atoms with Crippen LogP contribution in [0, 0.1) is 11.3 Å². The monoisotopic (exact) mass is 301 g/mol. The predicted molar refractivity (Wildman–Crippen MR) is 78.7 cm³/mol. The zero-order valence-corrected chi connectivity index (χ0v) is 13.1. The zero-order valence-electron chi connectivity index (χ0n) is 11.6.